The van der Waals surface area contributed by atoms with Crippen molar-refractivity contribution in [3.8, 4) is 0 Å². The van der Waals surface area contributed by atoms with Gasteiger partial charge in [0, 0.05) is 5.02 Å². The molecular formula is C15H15BrClFN2. The summed E-state index contributed by atoms with van der Waals surface area (Å²) < 4.78 is 13.7. The molecule has 2 nitrogen and oxygen atoms in total. The Morgan fingerprint density at radius 3 is 2.65 bits per heavy atom. The Morgan fingerprint density at radius 2 is 2.05 bits per heavy atom. The van der Waals surface area contributed by atoms with Crippen LogP contribution in [0.3, 0.4) is 0 Å². The maximum absolute atomic E-state index is 13.2. The van der Waals surface area contributed by atoms with Crippen molar-refractivity contribution in [3.05, 3.63) is 68.4 Å². The van der Waals surface area contributed by atoms with Gasteiger partial charge >= 0.3 is 0 Å². The predicted octanol–water partition coefficient (Wildman–Crippen LogP) is 4.30. The number of aryl methyl sites for hydroxylation is 1. The van der Waals surface area contributed by atoms with E-state index in [-0.39, 0.29) is 11.9 Å². The second-order valence-electron chi connectivity index (χ2n) is 4.73. The van der Waals surface area contributed by atoms with E-state index in [1.54, 1.807) is 12.1 Å². The number of nitrogens with two attached hydrogens (primary N) is 1. The molecule has 0 radical (unpaired) electrons. The summed E-state index contributed by atoms with van der Waals surface area (Å²) in [5, 5.41) is 0.681. The van der Waals surface area contributed by atoms with Crippen LogP contribution in [0.4, 0.5) is 4.39 Å². The van der Waals surface area contributed by atoms with Crippen LogP contribution in [0.5, 0.6) is 0 Å². The lowest BCUT2D eigenvalue weighted by Gasteiger charge is -2.17. The molecule has 2 rings (SSSR count). The van der Waals surface area contributed by atoms with Crippen LogP contribution in [0.25, 0.3) is 0 Å². The van der Waals surface area contributed by atoms with Crippen molar-refractivity contribution < 1.29 is 4.39 Å². The third kappa shape index (κ3) is 3.79. The van der Waals surface area contributed by atoms with Gasteiger partial charge in [-0.3, -0.25) is 11.3 Å². The Balaban J connectivity index is 2.26. The summed E-state index contributed by atoms with van der Waals surface area (Å²) in [6.07, 6.45) is 0.648. The highest BCUT2D eigenvalue weighted by molar-refractivity contribution is 9.10. The standard InChI is InChI=1S/C15H15BrClFN2/c1-9-4-11(8-12(17)5-9)15(20-19)7-10-2-3-14(18)13(16)6-10/h2-6,8,15,20H,7,19H2,1H3. The van der Waals surface area contributed by atoms with Gasteiger partial charge in [0.1, 0.15) is 5.82 Å². The van der Waals surface area contributed by atoms with E-state index in [0.29, 0.717) is 15.9 Å². The molecular weight excluding hydrogens is 343 g/mol. The molecule has 0 aromatic heterocycles. The Hall–Kier alpha value is -0.940. The lowest BCUT2D eigenvalue weighted by molar-refractivity contribution is 0.550. The zero-order valence-corrected chi connectivity index (χ0v) is 13.3. The van der Waals surface area contributed by atoms with Gasteiger partial charge in [-0.15, -0.1) is 0 Å². The largest absolute Gasteiger partial charge is 0.271 e. The number of hydrogen-bond acceptors (Lipinski definition) is 2. The Morgan fingerprint density at radius 1 is 1.30 bits per heavy atom. The first-order chi connectivity index (χ1) is 9.49. The fraction of sp³-hybridized carbons (Fsp3) is 0.200. The fourth-order valence-corrected chi connectivity index (χ4v) is 2.87. The molecule has 0 amide bonds. The van der Waals surface area contributed by atoms with E-state index in [0.717, 1.165) is 16.7 Å². The Kier molecular flexibility index (Phi) is 5.16. The van der Waals surface area contributed by atoms with E-state index in [9.17, 15) is 4.39 Å². The van der Waals surface area contributed by atoms with Crippen LogP contribution in [0.15, 0.2) is 40.9 Å². The van der Waals surface area contributed by atoms with Gasteiger partial charge in [0.2, 0.25) is 0 Å². The molecule has 0 heterocycles. The summed E-state index contributed by atoms with van der Waals surface area (Å²) >= 11 is 9.26. The summed E-state index contributed by atoms with van der Waals surface area (Å²) in [5.74, 6) is 5.37. The molecule has 0 saturated heterocycles. The third-order valence-corrected chi connectivity index (χ3v) is 3.92. The van der Waals surface area contributed by atoms with Crippen molar-refractivity contribution in [3.63, 3.8) is 0 Å². The summed E-state index contributed by atoms with van der Waals surface area (Å²) in [5.41, 5.74) is 5.86. The quantitative estimate of drug-likeness (QED) is 0.632. The molecule has 106 valence electrons. The van der Waals surface area contributed by atoms with E-state index < -0.39 is 0 Å². The summed E-state index contributed by atoms with van der Waals surface area (Å²) in [4.78, 5) is 0. The van der Waals surface area contributed by atoms with E-state index >= 15 is 0 Å². The molecule has 1 atom stereocenters. The normalized spacial score (nSPS) is 12.4. The maximum Gasteiger partial charge on any atom is 0.137 e. The summed E-state index contributed by atoms with van der Waals surface area (Å²) in [6, 6.07) is 10.7. The Bertz CT molecular complexity index is 599. The van der Waals surface area contributed by atoms with Gasteiger partial charge in [-0.2, -0.15) is 0 Å². The minimum atomic E-state index is -0.274. The van der Waals surface area contributed by atoms with Crippen LogP contribution in [-0.2, 0) is 6.42 Å². The average Bonchev–Trinajstić information content (AvgIpc) is 2.38. The van der Waals surface area contributed by atoms with E-state index in [1.165, 1.54) is 6.07 Å². The highest BCUT2D eigenvalue weighted by atomic mass is 79.9. The number of nitrogens with one attached hydrogen (secondary N) is 1. The van der Waals surface area contributed by atoms with Crippen molar-refractivity contribution >= 4 is 27.5 Å². The highest BCUT2D eigenvalue weighted by Gasteiger charge is 2.13. The molecule has 2 aromatic rings. The zero-order valence-electron chi connectivity index (χ0n) is 11.0. The van der Waals surface area contributed by atoms with Crippen molar-refractivity contribution in [1.29, 1.82) is 0 Å². The van der Waals surface area contributed by atoms with E-state index in [4.69, 9.17) is 17.4 Å². The molecule has 3 N–H and O–H groups in total. The lowest BCUT2D eigenvalue weighted by Crippen LogP contribution is -2.29. The van der Waals surface area contributed by atoms with Gasteiger partial charge < -0.3 is 0 Å². The third-order valence-electron chi connectivity index (χ3n) is 3.09. The minimum absolute atomic E-state index is 0.0789. The first-order valence-electron chi connectivity index (χ1n) is 6.16. The van der Waals surface area contributed by atoms with Crippen molar-refractivity contribution in [2.24, 2.45) is 5.84 Å². The van der Waals surface area contributed by atoms with Gasteiger partial charge in [0.15, 0.2) is 0 Å². The first kappa shape index (κ1) is 15.4. The van der Waals surface area contributed by atoms with Crippen LogP contribution in [0.2, 0.25) is 5.02 Å². The number of rotatable bonds is 4. The van der Waals surface area contributed by atoms with Crippen LogP contribution in [0, 0.1) is 12.7 Å². The molecule has 0 saturated carbocycles. The van der Waals surface area contributed by atoms with Gasteiger partial charge in [0.25, 0.3) is 0 Å². The molecule has 0 aliphatic rings. The SMILES string of the molecule is Cc1cc(Cl)cc(C(Cc2ccc(F)c(Br)c2)NN)c1. The Labute approximate surface area is 131 Å². The van der Waals surface area contributed by atoms with Crippen molar-refractivity contribution in [2.45, 2.75) is 19.4 Å². The lowest BCUT2D eigenvalue weighted by atomic mass is 9.98. The molecule has 2 aromatic carbocycles. The smallest absolute Gasteiger partial charge is 0.137 e. The fourth-order valence-electron chi connectivity index (χ4n) is 2.14. The molecule has 0 fully saturated rings. The highest BCUT2D eigenvalue weighted by Crippen LogP contribution is 2.25. The van der Waals surface area contributed by atoms with Crippen LogP contribution in [0.1, 0.15) is 22.7 Å². The maximum atomic E-state index is 13.2. The topological polar surface area (TPSA) is 38.0 Å². The minimum Gasteiger partial charge on any atom is -0.271 e. The van der Waals surface area contributed by atoms with Gasteiger partial charge in [-0.1, -0.05) is 23.7 Å². The first-order valence-corrected chi connectivity index (χ1v) is 7.34. The van der Waals surface area contributed by atoms with Gasteiger partial charge in [0.05, 0.1) is 10.5 Å². The van der Waals surface area contributed by atoms with E-state index in [2.05, 4.69) is 21.4 Å². The predicted molar refractivity (Wildman–Crippen MR) is 84.1 cm³/mol. The second-order valence-corrected chi connectivity index (χ2v) is 6.02. The monoisotopic (exact) mass is 356 g/mol. The van der Waals surface area contributed by atoms with Crippen LogP contribution >= 0.6 is 27.5 Å². The summed E-state index contributed by atoms with van der Waals surface area (Å²) in [6.45, 7) is 1.98. The zero-order chi connectivity index (χ0) is 14.7. The summed E-state index contributed by atoms with van der Waals surface area (Å²) in [7, 11) is 0. The second kappa shape index (κ2) is 6.68. The number of hydrazine groups is 1. The molecule has 0 aliphatic carbocycles. The molecule has 5 heteroatoms. The van der Waals surface area contributed by atoms with Gasteiger partial charge in [-0.25, -0.2) is 4.39 Å². The van der Waals surface area contributed by atoms with Gasteiger partial charge in [-0.05, 0) is 70.2 Å². The van der Waals surface area contributed by atoms with E-state index in [1.807, 2.05) is 25.1 Å². The number of hydrogen-bond donors (Lipinski definition) is 2. The number of halogens is 3. The average molecular weight is 358 g/mol. The molecule has 0 aliphatic heterocycles. The van der Waals surface area contributed by atoms with Crippen LogP contribution < -0.4 is 11.3 Å². The van der Waals surface area contributed by atoms with Crippen molar-refractivity contribution in [1.82, 2.24) is 5.43 Å². The molecule has 0 spiro atoms. The van der Waals surface area contributed by atoms with Crippen molar-refractivity contribution in [2.75, 3.05) is 0 Å². The van der Waals surface area contributed by atoms with Crippen LogP contribution in [-0.4, -0.2) is 0 Å². The molecule has 20 heavy (non-hydrogen) atoms. The molecule has 0 bridgehead atoms. The molecule has 1 unspecified atom stereocenters. The number of benzene rings is 2.